The van der Waals surface area contributed by atoms with E-state index >= 15 is 0 Å². The first-order valence-corrected chi connectivity index (χ1v) is 30.8. The first-order chi connectivity index (χ1) is 31.1. The monoisotopic (exact) mass is 975 g/mol. The summed E-state index contributed by atoms with van der Waals surface area (Å²) in [6.07, 6.45) is 16.9. The van der Waals surface area contributed by atoms with Crippen molar-refractivity contribution in [2.75, 3.05) is 5.32 Å². The molecule has 0 spiro atoms. The fourth-order valence-corrected chi connectivity index (χ4v) is 13.6. The minimum Gasteiger partial charge on any atom is -0.446 e. The van der Waals surface area contributed by atoms with Crippen molar-refractivity contribution in [2.45, 2.75) is 206 Å². The van der Waals surface area contributed by atoms with E-state index < -0.39 is 69.2 Å². The van der Waals surface area contributed by atoms with Crippen LogP contribution in [0, 0.1) is 58.2 Å². The van der Waals surface area contributed by atoms with Crippen molar-refractivity contribution in [1.29, 1.82) is 0 Å². The number of halogens is 5. The summed E-state index contributed by atoms with van der Waals surface area (Å²) in [6.45, 7) is 34.5. The average Bonchev–Trinajstić information content (AvgIpc) is 3.86. The fraction of sp³-hybridized carbons (Fsp3) is 0.698. The van der Waals surface area contributed by atoms with Gasteiger partial charge in [-0.05, 0) is 141 Å². The van der Waals surface area contributed by atoms with E-state index in [4.69, 9.17) is 29.6 Å². The van der Waals surface area contributed by atoms with Crippen molar-refractivity contribution in [3.63, 3.8) is 0 Å². The fourth-order valence-electron chi connectivity index (χ4n) is 10.7. The largest absolute Gasteiger partial charge is 0.446 e. The molecular formula is C53H79F5N2O5Si2. The molecule has 6 rings (SSSR count). The van der Waals surface area contributed by atoms with Crippen LogP contribution in [-0.2, 0) is 25.6 Å². The zero-order valence-electron chi connectivity index (χ0n) is 42.7. The first kappa shape index (κ1) is 53.3. The van der Waals surface area contributed by atoms with E-state index in [1.54, 1.807) is 5.32 Å². The van der Waals surface area contributed by atoms with Crippen molar-refractivity contribution >= 4 is 28.4 Å². The number of hydrogen-bond acceptors (Lipinski definition) is 6. The Balaban J connectivity index is 1.25. The number of ether oxygens (including phenoxy) is 1. The van der Waals surface area contributed by atoms with E-state index in [1.807, 2.05) is 6.20 Å². The quantitative estimate of drug-likeness (QED) is 0.0781. The maximum Gasteiger partial charge on any atom is 0.412 e. The van der Waals surface area contributed by atoms with Gasteiger partial charge in [-0.25, -0.2) is 31.7 Å². The molecule has 374 valence electrons. The second-order valence-corrected chi connectivity index (χ2v) is 33.3. The third kappa shape index (κ3) is 11.3. The lowest BCUT2D eigenvalue weighted by atomic mass is 9.60. The number of fused-ring (bicyclic) bond motifs is 1. The van der Waals surface area contributed by atoms with Crippen molar-refractivity contribution in [3.05, 3.63) is 82.4 Å². The summed E-state index contributed by atoms with van der Waals surface area (Å²) < 4.78 is 97.3. The van der Waals surface area contributed by atoms with Gasteiger partial charge >= 0.3 is 6.09 Å². The molecular weight excluding hydrogens is 896 g/mol. The number of oxazole rings is 1. The molecule has 7 nitrogen and oxygen atoms in total. The lowest BCUT2D eigenvalue weighted by Crippen LogP contribution is -2.53. The van der Waals surface area contributed by atoms with Gasteiger partial charge in [-0.15, -0.1) is 0 Å². The molecule has 1 aromatic heterocycles. The molecule has 4 fully saturated rings. The summed E-state index contributed by atoms with van der Waals surface area (Å²) in [7, 11) is -4.68. The van der Waals surface area contributed by atoms with Crippen molar-refractivity contribution in [2.24, 2.45) is 29.1 Å². The Morgan fingerprint density at radius 3 is 2.16 bits per heavy atom. The smallest absolute Gasteiger partial charge is 0.412 e. The van der Waals surface area contributed by atoms with Gasteiger partial charge in [-0.2, -0.15) is 0 Å². The number of amides is 1. The molecule has 1 amide bonds. The molecule has 4 aliphatic carbocycles. The summed E-state index contributed by atoms with van der Waals surface area (Å²) in [6, 6.07) is 0. The SMILES string of the molecule is C=C1/C(=C\C=C2/CCC[C@@]3(C)[C@@H]2CC[C@@H]3[C@H](C)CC[C@@H](OC(=O)Nc2c(F)c(F)c(F)c(F)c2F)C2CC2)C[C@](O[Si](C)(C)C(C)(C)C)(c2ncc(CCCC)o2)C[C@@H]1O[Si](C)(C)C(C)(C)C. The second-order valence-electron chi connectivity index (χ2n) is 23.8. The number of carbonyl (C=O) groups excluding carboxylic acids is 1. The topological polar surface area (TPSA) is 82.8 Å². The lowest BCUT2D eigenvalue weighted by molar-refractivity contribution is -0.0234. The summed E-state index contributed by atoms with van der Waals surface area (Å²) in [5.41, 5.74) is 1.36. The number of rotatable bonds is 16. The Morgan fingerprint density at radius 2 is 1.57 bits per heavy atom. The van der Waals surface area contributed by atoms with Gasteiger partial charge in [0.1, 0.15) is 23.2 Å². The van der Waals surface area contributed by atoms with Crippen molar-refractivity contribution < 1.29 is 44.8 Å². The van der Waals surface area contributed by atoms with Crippen LogP contribution in [0.15, 0.2) is 46.1 Å². The molecule has 0 unspecified atom stereocenters. The number of allylic oxidation sites excluding steroid dienone is 3. The Bertz CT molecular complexity index is 2180. The number of aryl methyl sites for hydroxylation is 1. The van der Waals surface area contributed by atoms with Gasteiger partial charge < -0.3 is 18.0 Å². The van der Waals surface area contributed by atoms with Crippen molar-refractivity contribution in [1.82, 2.24) is 4.98 Å². The summed E-state index contributed by atoms with van der Waals surface area (Å²) in [5, 5.41) is 1.71. The summed E-state index contributed by atoms with van der Waals surface area (Å²) >= 11 is 0. The molecule has 2 aromatic rings. The zero-order chi connectivity index (χ0) is 49.7. The number of carbonyl (C=O) groups is 1. The molecule has 0 saturated heterocycles. The van der Waals surface area contributed by atoms with Crippen LogP contribution in [0.4, 0.5) is 32.4 Å². The average molecular weight is 975 g/mol. The first-order valence-electron chi connectivity index (χ1n) is 25.0. The van der Waals surface area contributed by atoms with Crippen LogP contribution in [0.25, 0.3) is 0 Å². The molecule has 1 aromatic carbocycles. The molecule has 4 aliphatic rings. The Kier molecular flexibility index (Phi) is 15.9. The highest BCUT2D eigenvalue weighted by Crippen LogP contribution is 2.60. The molecule has 4 saturated carbocycles. The zero-order valence-corrected chi connectivity index (χ0v) is 44.7. The number of nitrogens with zero attached hydrogens (tertiary/aromatic N) is 1. The van der Waals surface area contributed by atoms with Crippen LogP contribution in [0.1, 0.15) is 157 Å². The standard InChI is InChI=1S/C53H79F5N2O5Si2/c1-15-16-19-37-31-59-48(62-37)53(65-67(13,14)51(7,8)9)29-36(33(3)41(30-53)64-66(11,12)50(4,5)6)24-21-34-18-17-28-52(10)38(25-26-39(34)52)32(2)20-27-40(35-22-23-35)63-49(61)60-47-45(57)43(55)42(54)44(56)46(47)58/h21,24,31-32,35,38-41H,3,15-20,22-23,25-30H2,1-2,4-14H3,(H,60,61)/b34-21+,36-24-/t32-,38-,39-,40-,41+,52-,53-/m1/s1. The van der Waals surface area contributed by atoms with Gasteiger partial charge in [-0.1, -0.05) is 93.0 Å². The van der Waals surface area contributed by atoms with Gasteiger partial charge in [-0.3, -0.25) is 5.32 Å². The summed E-state index contributed by atoms with van der Waals surface area (Å²) in [5.74, 6) is -8.07. The molecule has 67 heavy (non-hydrogen) atoms. The number of benzene rings is 1. The van der Waals surface area contributed by atoms with Gasteiger partial charge in [0.2, 0.25) is 11.7 Å². The molecule has 1 N–H and O–H groups in total. The van der Waals surface area contributed by atoms with E-state index in [0.29, 0.717) is 42.9 Å². The highest BCUT2D eigenvalue weighted by Gasteiger charge is 2.55. The number of nitrogens with one attached hydrogen (secondary N) is 1. The van der Waals surface area contributed by atoms with Gasteiger partial charge in [0.25, 0.3) is 0 Å². The molecule has 7 atom stereocenters. The van der Waals surface area contributed by atoms with Crippen LogP contribution in [0.3, 0.4) is 0 Å². The van der Waals surface area contributed by atoms with E-state index in [0.717, 1.165) is 87.5 Å². The van der Waals surface area contributed by atoms with Crippen LogP contribution in [-0.4, -0.2) is 39.9 Å². The van der Waals surface area contributed by atoms with Gasteiger partial charge in [0, 0.05) is 19.3 Å². The van der Waals surface area contributed by atoms with Crippen LogP contribution in [0.2, 0.25) is 36.3 Å². The number of anilines is 1. The number of aromatic nitrogens is 1. The minimum atomic E-state index is -2.40. The maximum absolute atomic E-state index is 14.4. The third-order valence-electron chi connectivity index (χ3n) is 17.0. The second kappa shape index (κ2) is 20.0. The van der Waals surface area contributed by atoms with Crippen LogP contribution < -0.4 is 5.32 Å². The third-order valence-corrected chi connectivity index (χ3v) is 26.0. The minimum absolute atomic E-state index is 0.0186. The Labute approximate surface area is 399 Å². The predicted octanol–water partition coefficient (Wildman–Crippen LogP) is 16.2. The van der Waals surface area contributed by atoms with Gasteiger partial charge in [0.15, 0.2) is 39.9 Å². The highest BCUT2D eigenvalue weighted by molar-refractivity contribution is 6.74. The Morgan fingerprint density at radius 1 is 0.940 bits per heavy atom. The van der Waals surface area contributed by atoms with E-state index in [9.17, 15) is 26.7 Å². The molecule has 0 aliphatic heterocycles. The number of unbranched alkanes of at least 4 members (excludes halogenated alkanes) is 1. The number of hydrogen-bond donors (Lipinski definition) is 1. The normalized spacial score (nSPS) is 27.4. The summed E-state index contributed by atoms with van der Waals surface area (Å²) in [4.78, 5) is 17.9. The molecule has 1 heterocycles. The highest BCUT2D eigenvalue weighted by atomic mass is 28.4. The maximum atomic E-state index is 14.4. The van der Waals surface area contributed by atoms with Crippen LogP contribution >= 0.6 is 0 Å². The molecule has 0 radical (unpaired) electrons. The Hall–Kier alpha value is -3.08. The molecule has 14 heteroatoms. The van der Waals surface area contributed by atoms with E-state index in [2.05, 4.69) is 101 Å². The van der Waals surface area contributed by atoms with E-state index in [1.165, 1.54) is 5.57 Å². The van der Waals surface area contributed by atoms with E-state index in [-0.39, 0.29) is 27.5 Å². The van der Waals surface area contributed by atoms with Crippen molar-refractivity contribution in [3.8, 4) is 0 Å². The molecule has 0 bridgehead atoms. The lowest BCUT2D eigenvalue weighted by Gasteiger charge is -2.50. The van der Waals surface area contributed by atoms with Crippen LogP contribution in [0.5, 0.6) is 0 Å². The predicted molar refractivity (Wildman–Crippen MR) is 261 cm³/mol. The van der Waals surface area contributed by atoms with Gasteiger partial charge in [0.05, 0.1) is 12.3 Å².